The van der Waals surface area contributed by atoms with E-state index in [4.69, 9.17) is 0 Å². The number of fused-ring (bicyclic) bond motifs is 3. The number of pyridine rings is 1. The highest BCUT2D eigenvalue weighted by molar-refractivity contribution is 9.10. The summed E-state index contributed by atoms with van der Waals surface area (Å²) in [4.78, 5) is 14.6. The molecule has 0 aliphatic carbocycles. The van der Waals surface area contributed by atoms with Crippen molar-refractivity contribution in [3.05, 3.63) is 58.0 Å². The Hall–Kier alpha value is -2.05. The monoisotopic (exact) mass is 398 g/mol. The van der Waals surface area contributed by atoms with Crippen LogP contribution in [0.1, 0.15) is 16.8 Å². The fourth-order valence-electron chi connectivity index (χ4n) is 2.87. The summed E-state index contributed by atoms with van der Waals surface area (Å²) in [5, 5.41) is 4.57. The van der Waals surface area contributed by atoms with Gasteiger partial charge in [0, 0.05) is 22.1 Å². The zero-order chi connectivity index (χ0) is 16.7. The molecule has 0 atom stereocenters. The first-order valence-electron chi connectivity index (χ1n) is 7.61. The maximum Gasteiger partial charge on any atom is 0.147 e. The number of nitrogens with one attached hydrogen (secondary N) is 1. The van der Waals surface area contributed by atoms with Crippen molar-refractivity contribution in [3.8, 4) is 0 Å². The van der Waals surface area contributed by atoms with Gasteiger partial charge in [-0.1, -0.05) is 28.1 Å². The molecule has 0 saturated heterocycles. The summed E-state index contributed by atoms with van der Waals surface area (Å²) >= 11 is 5.15. The minimum absolute atomic E-state index is 0.714. The maximum atomic E-state index is 4.66. The molecule has 3 heterocycles. The van der Waals surface area contributed by atoms with Crippen LogP contribution in [0.15, 0.2) is 41.1 Å². The number of nitrogens with zero attached hydrogens (tertiary/aromatic N) is 3. The lowest BCUT2D eigenvalue weighted by Gasteiger charge is -2.06. The number of hydrogen-bond acceptors (Lipinski definition) is 5. The van der Waals surface area contributed by atoms with E-state index >= 15 is 0 Å². The molecule has 24 heavy (non-hydrogen) atoms. The zero-order valence-corrected chi connectivity index (χ0v) is 15.7. The van der Waals surface area contributed by atoms with E-state index in [2.05, 4.69) is 61.3 Å². The summed E-state index contributed by atoms with van der Waals surface area (Å²) < 4.78 is 2.13. The van der Waals surface area contributed by atoms with Crippen LogP contribution in [0.25, 0.3) is 20.4 Å². The first kappa shape index (κ1) is 15.5. The Labute approximate surface area is 152 Å². The van der Waals surface area contributed by atoms with Gasteiger partial charge in [0.25, 0.3) is 0 Å². The van der Waals surface area contributed by atoms with E-state index in [-0.39, 0.29) is 0 Å². The molecule has 0 unspecified atom stereocenters. The third kappa shape index (κ3) is 2.76. The Morgan fingerprint density at radius 1 is 1.17 bits per heavy atom. The SMILES string of the molecule is Cc1cc(C)c2c(n1)sc1c(NCc3cccc(Br)c3)ncnc12. The van der Waals surface area contributed by atoms with Gasteiger partial charge in [-0.25, -0.2) is 15.0 Å². The Morgan fingerprint density at radius 3 is 2.88 bits per heavy atom. The number of aromatic nitrogens is 3. The fourth-order valence-corrected chi connectivity index (χ4v) is 4.53. The van der Waals surface area contributed by atoms with Crippen molar-refractivity contribution in [1.82, 2.24) is 15.0 Å². The van der Waals surface area contributed by atoms with Gasteiger partial charge in [-0.05, 0) is 43.2 Å². The van der Waals surface area contributed by atoms with E-state index in [1.807, 2.05) is 19.1 Å². The van der Waals surface area contributed by atoms with Crippen molar-refractivity contribution in [2.45, 2.75) is 20.4 Å². The largest absolute Gasteiger partial charge is 0.365 e. The average molecular weight is 399 g/mol. The normalized spacial score (nSPS) is 11.3. The molecule has 4 aromatic rings. The van der Waals surface area contributed by atoms with Crippen LogP contribution in [0.3, 0.4) is 0 Å². The van der Waals surface area contributed by atoms with Gasteiger partial charge >= 0.3 is 0 Å². The van der Waals surface area contributed by atoms with Crippen molar-refractivity contribution in [2.24, 2.45) is 0 Å². The fraction of sp³-hybridized carbons (Fsp3) is 0.167. The highest BCUT2D eigenvalue weighted by Gasteiger charge is 2.14. The number of aryl methyl sites for hydroxylation is 2. The Balaban J connectivity index is 1.77. The lowest BCUT2D eigenvalue weighted by molar-refractivity contribution is 1.10. The van der Waals surface area contributed by atoms with E-state index in [9.17, 15) is 0 Å². The first-order chi connectivity index (χ1) is 11.6. The van der Waals surface area contributed by atoms with Crippen LogP contribution < -0.4 is 5.32 Å². The van der Waals surface area contributed by atoms with Gasteiger partial charge in [0.2, 0.25) is 0 Å². The van der Waals surface area contributed by atoms with Gasteiger partial charge in [0.15, 0.2) is 0 Å². The Kier molecular flexibility index (Phi) is 3.94. The van der Waals surface area contributed by atoms with Gasteiger partial charge in [0.1, 0.15) is 17.0 Å². The number of rotatable bonds is 3. The lowest BCUT2D eigenvalue weighted by Crippen LogP contribution is -2.01. The number of hydrogen-bond donors (Lipinski definition) is 1. The molecule has 1 N–H and O–H groups in total. The molecule has 0 amide bonds. The predicted molar refractivity (Wildman–Crippen MR) is 104 cm³/mol. The Morgan fingerprint density at radius 2 is 2.04 bits per heavy atom. The van der Waals surface area contributed by atoms with Crippen LogP contribution >= 0.6 is 27.3 Å². The summed E-state index contributed by atoms with van der Waals surface area (Å²) in [6.45, 7) is 4.85. The average Bonchev–Trinajstić information content (AvgIpc) is 2.91. The number of halogens is 1. The molecule has 6 heteroatoms. The number of thiophene rings is 1. The van der Waals surface area contributed by atoms with Gasteiger partial charge in [-0.15, -0.1) is 11.3 Å². The predicted octanol–water partition coefficient (Wildman–Crippen LogP) is 5.23. The van der Waals surface area contributed by atoms with E-state index in [0.29, 0.717) is 6.54 Å². The molecule has 0 bridgehead atoms. The van der Waals surface area contributed by atoms with Crippen LogP contribution in [-0.4, -0.2) is 15.0 Å². The van der Waals surface area contributed by atoms with E-state index in [0.717, 1.165) is 36.4 Å². The standard InChI is InChI=1S/C18H15BrN4S/c1-10-6-11(2)23-18-14(10)15-16(24-18)17(22-9-21-15)20-8-12-4-3-5-13(19)7-12/h3-7,9H,8H2,1-2H3,(H,20,21,22). The molecule has 3 aromatic heterocycles. The maximum absolute atomic E-state index is 4.66. The highest BCUT2D eigenvalue weighted by Crippen LogP contribution is 2.36. The topological polar surface area (TPSA) is 50.7 Å². The summed E-state index contributed by atoms with van der Waals surface area (Å²) in [5.74, 6) is 0.861. The molecule has 120 valence electrons. The van der Waals surface area contributed by atoms with E-state index < -0.39 is 0 Å². The smallest absolute Gasteiger partial charge is 0.147 e. The quantitative estimate of drug-likeness (QED) is 0.513. The summed E-state index contributed by atoms with van der Waals surface area (Å²) in [6, 6.07) is 10.4. The van der Waals surface area contributed by atoms with Crippen LogP contribution in [0.5, 0.6) is 0 Å². The van der Waals surface area contributed by atoms with Crippen molar-refractivity contribution < 1.29 is 0 Å². The summed E-state index contributed by atoms with van der Waals surface area (Å²) in [6.07, 6.45) is 1.62. The summed E-state index contributed by atoms with van der Waals surface area (Å²) in [5.41, 5.74) is 4.41. The van der Waals surface area contributed by atoms with Gasteiger partial charge in [-0.3, -0.25) is 0 Å². The second-order valence-electron chi connectivity index (χ2n) is 5.75. The van der Waals surface area contributed by atoms with Crippen LogP contribution in [-0.2, 0) is 6.54 Å². The van der Waals surface area contributed by atoms with Gasteiger partial charge in [-0.2, -0.15) is 0 Å². The van der Waals surface area contributed by atoms with Crippen molar-refractivity contribution >= 4 is 53.5 Å². The molecule has 0 fully saturated rings. The third-order valence-corrected chi connectivity index (χ3v) is 5.47. The summed E-state index contributed by atoms with van der Waals surface area (Å²) in [7, 11) is 0. The van der Waals surface area contributed by atoms with Crippen LogP contribution in [0.2, 0.25) is 0 Å². The first-order valence-corrected chi connectivity index (χ1v) is 9.22. The molecule has 4 nitrogen and oxygen atoms in total. The zero-order valence-electron chi connectivity index (χ0n) is 13.3. The molecular weight excluding hydrogens is 384 g/mol. The number of benzene rings is 1. The molecule has 0 aliphatic heterocycles. The van der Waals surface area contributed by atoms with E-state index in [1.165, 1.54) is 11.1 Å². The second kappa shape index (κ2) is 6.11. The molecule has 0 radical (unpaired) electrons. The Bertz CT molecular complexity index is 1060. The molecule has 0 aliphatic rings. The van der Waals surface area contributed by atoms with Crippen molar-refractivity contribution in [3.63, 3.8) is 0 Å². The minimum Gasteiger partial charge on any atom is -0.365 e. The number of anilines is 1. The van der Waals surface area contributed by atoms with Crippen molar-refractivity contribution in [1.29, 1.82) is 0 Å². The highest BCUT2D eigenvalue weighted by atomic mass is 79.9. The molecule has 0 spiro atoms. The molecule has 4 rings (SSSR count). The van der Waals surface area contributed by atoms with E-state index in [1.54, 1.807) is 17.7 Å². The van der Waals surface area contributed by atoms with Crippen molar-refractivity contribution in [2.75, 3.05) is 5.32 Å². The second-order valence-corrected chi connectivity index (χ2v) is 7.66. The van der Waals surface area contributed by atoms with Gasteiger partial charge in [0.05, 0.1) is 10.2 Å². The lowest BCUT2D eigenvalue weighted by atomic mass is 10.1. The molecule has 0 saturated carbocycles. The minimum atomic E-state index is 0.714. The molecule has 1 aromatic carbocycles. The van der Waals surface area contributed by atoms with Gasteiger partial charge < -0.3 is 5.32 Å². The van der Waals surface area contributed by atoms with Crippen LogP contribution in [0.4, 0.5) is 5.82 Å². The van der Waals surface area contributed by atoms with Crippen LogP contribution in [0, 0.1) is 13.8 Å². The third-order valence-electron chi connectivity index (χ3n) is 3.90. The molecular formula is C18H15BrN4S.